The van der Waals surface area contributed by atoms with Crippen molar-refractivity contribution in [2.75, 3.05) is 18.6 Å². The number of carbonyl (C=O) groups excluding carboxylic acids is 1. The van der Waals surface area contributed by atoms with E-state index in [9.17, 15) is 14.7 Å². The van der Waals surface area contributed by atoms with Crippen LogP contribution in [0.15, 0.2) is 0 Å². The van der Waals surface area contributed by atoms with Crippen LogP contribution in [0.1, 0.15) is 47.5 Å². The Balaban J connectivity index is 4.82. The number of carboxylic acid groups (broad SMARTS) is 1. The minimum Gasteiger partial charge on any atom is -0.481 e. The van der Waals surface area contributed by atoms with E-state index >= 15 is 0 Å². The highest BCUT2D eigenvalue weighted by Crippen LogP contribution is 2.33. The van der Waals surface area contributed by atoms with Crippen LogP contribution < -0.4 is 5.32 Å². The van der Waals surface area contributed by atoms with Crippen LogP contribution in [-0.4, -0.2) is 41.3 Å². The standard InChI is InChI=1S/C15H29NO4S/c1-11(2)15(12(17)18,8-7-9-21-6)10-16-13(19)20-14(3,4)5/h11H,7-10H2,1-6H3,(H,16,19)(H,17,18). The maximum Gasteiger partial charge on any atom is 0.407 e. The number of rotatable bonds is 8. The van der Waals surface area contributed by atoms with Crippen LogP contribution >= 0.6 is 11.8 Å². The average molecular weight is 319 g/mol. The molecule has 1 amide bonds. The molecule has 1 atom stereocenters. The van der Waals surface area contributed by atoms with Crippen molar-refractivity contribution >= 4 is 23.8 Å². The van der Waals surface area contributed by atoms with Gasteiger partial charge in [-0.15, -0.1) is 0 Å². The first kappa shape index (κ1) is 20.1. The van der Waals surface area contributed by atoms with Crippen LogP contribution in [0.5, 0.6) is 0 Å². The first-order valence-corrected chi connectivity index (χ1v) is 8.63. The first-order valence-electron chi connectivity index (χ1n) is 7.24. The molecule has 0 saturated heterocycles. The van der Waals surface area contributed by atoms with Crippen LogP contribution in [0.25, 0.3) is 0 Å². The number of ether oxygens (including phenoxy) is 1. The number of hydrogen-bond donors (Lipinski definition) is 2. The Kier molecular flexibility index (Phi) is 8.14. The van der Waals surface area contributed by atoms with E-state index in [0.717, 1.165) is 12.2 Å². The summed E-state index contributed by atoms with van der Waals surface area (Å²) in [6, 6.07) is 0. The summed E-state index contributed by atoms with van der Waals surface area (Å²) in [6.45, 7) is 9.17. The van der Waals surface area contributed by atoms with Crippen LogP contribution in [0.2, 0.25) is 0 Å². The van der Waals surface area contributed by atoms with Gasteiger partial charge in [0.1, 0.15) is 5.60 Å². The van der Waals surface area contributed by atoms with Crippen LogP contribution in [0, 0.1) is 11.3 Å². The zero-order valence-electron chi connectivity index (χ0n) is 14.0. The highest BCUT2D eigenvalue weighted by Gasteiger charge is 2.41. The van der Waals surface area contributed by atoms with E-state index < -0.39 is 23.1 Å². The van der Waals surface area contributed by atoms with Crippen molar-refractivity contribution in [1.82, 2.24) is 5.32 Å². The van der Waals surface area contributed by atoms with E-state index in [1.54, 1.807) is 32.5 Å². The quantitative estimate of drug-likeness (QED) is 0.671. The van der Waals surface area contributed by atoms with Gasteiger partial charge in [0, 0.05) is 6.54 Å². The highest BCUT2D eigenvalue weighted by atomic mass is 32.2. The SMILES string of the molecule is CSCCCC(CNC(=O)OC(C)(C)C)(C(=O)O)C(C)C. The summed E-state index contributed by atoms with van der Waals surface area (Å²) in [7, 11) is 0. The Labute approximate surface area is 132 Å². The molecule has 6 heteroatoms. The van der Waals surface area contributed by atoms with Gasteiger partial charge in [0.25, 0.3) is 0 Å². The molecule has 0 fully saturated rings. The zero-order valence-corrected chi connectivity index (χ0v) is 14.8. The highest BCUT2D eigenvalue weighted by molar-refractivity contribution is 7.98. The molecule has 0 aliphatic rings. The normalized spacial score (nSPS) is 14.6. The number of thioether (sulfide) groups is 1. The molecule has 0 saturated carbocycles. The van der Waals surface area contributed by atoms with Crippen molar-refractivity contribution in [3.63, 3.8) is 0 Å². The summed E-state index contributed by atoms with van der Waals surface area (Å²) in [6.07, 6.45) is 2.77. The molecule has 0 aromatic heterocycles. The first-order chi connectivity index (χ1) is 9.55. The van der Waals surface area contributed by atoms with Crippen molar-refractivity contribution in [1.29, 1.82) is 0 Å². The summed E-state index contributed by atoms with van der Waals surface area (Å²) in [4.78, 5) is 23.5. The van der Waals surface area contributed by atoms with Crippen molar-refractivity contribution < 1.29 is 19.4 Å². The van der Waals surface area contributed by atoms with Crippen molar-refractivity contribution in [2.24, 2.45) is 11.3 Å². The molecule has 21 heavy (non-hydrogen) atoms. The molecule has 0 spiro atoms. The molecular weight excluding hydrogens is 290 g/mol. The average Bonchev–Trinajstić information content (AvgIpc) is 2.30. The van der Waals surface area contributed by atoms with Gasteiger partial charge in [0.15, 0.2) is 0 Å². The number of aliphatic carboxylic acids is 1. The maximum atomic E-state index is 11.8. The van der Waals surface area contributed by atoms with Gasteiger partial charge in [-0.2, -0.15) is 11.8 Å². The number of amides is 1. The molecule has 2 N–H and O–H groups in total. The number of alkyl carbamates (subject to hydrolysis) is 1. The van der Waals surface area contributed by atoms with E-state index in [1.165, 1.54) is 0 Å². The molecule has 0 rings (SSSR count). The van der Waals surface area contributed by atoms with Gasteiger partial charge in [-0.05, 0) is 51.5 Å². The van der Waals surface area contributed by atoms with Crippen molar-refractivity contribution in [3.8, 4) is 0 Å². The molecule has 0 aliphatic carbocycles. The van der Waals surface area contributed by atoms with Crippen LogP contribution in [-0.2, 0) is 9.53 Å². The predicted molar refractivity (Wildman–Crippen MR) is 86.8 cm³/mol. The summed E-state index contributed by atoms with van der Waals surface area (Å²) in [5, 5.41) is 12.3. The van der Waals surface area contributed by atoms with E-state index in [0.29, 0.717) is 6.42 Å². The lowest BCUT2D eigenvalue weighted by molar-refractivity contribution is -0.152. The van der Waals surface area contributed by atoms with Gasteiger partial charge in [0.2, 0.25) is 0 Å². The number of hydrogen-bond acceptors (Lipinski definition) is 4. The van der Waals surface area contributed by atoms with Crippen LogP contribution in [0.4, 0.5) is 4.79 Å². The molecule has 0 bridgehead atoms. The lowest BCUT2D eigenvalue weighted by atomic mass is 9.73. The van der Waals surface area contributed by atoms with E-state index in [2.05, 4.69) is 5.32 Å². The Morgan fingerprint density at radius 1 is 1.29 bits per heavy atom. The fraction of sp³-hybridized carbons (Fsp3) is 0.867. The van der Waals surface area contributed by atoms with Crippen molar-refractivity contribution in [3.05, 3.63) is 0 Å². The topological polar surface area (TPSA) is 75.6 Å². The number of nitrogens with one attached hydrogen (secondary N) is 1. The van der Waals surface area contributed by atoms with E-state index in [4.69, 9.17) is 4.74 Å². The van der Waals surface area contributed by atoms with E-state index in [1.807, 2.05) is 20.1 Å². The largest absolute Gasteiger partial charge is 0.481 e. The van der Waals surface area contributed by atoms with Crippen LogP contribution in [0.3, 0.4) is 0 Å². The molecule has 0 radical (unpaired) electrons. The van der Waals surface area contributed by atoms with Gasteiger partial charge in [-0.3, -0.25) is 4.79 Å². The molecule has 5 nitrogen and oxygen atoms in total. The van der Waals surface area contributed by atoms with Gasteiger partial charge >= 0.3 is 12.1 Å². The minimum atomic E-state index is -0.952. The zero-order chi connectivity index (χ0) is 16.7. The minimum absolute atomic E-state index is 0.0770. The van der Waals surface area contributed by atoms with Gasteiger partial charge in [-0.25, -0.2) is 4.79 Å². The van der Waals surface area contributed by atoms with Gasteiger partial charge in [-0.1, -0.05) is 13.8 Å². The molecule has 1 unspecified atom stereocenters. The third-order valence-electron chi connectivity index (χ3n) is 3.45. The molecular formula is C15H29NO4S. The summed E-state index contributed by atoms with van der Waals surface area (Å²) in [5.74, 6) is -0.0322. The fourth-order valence-electron chi connectivity index (χ4n) is 2.09. The Morgan fingerprint density at radius 2 is 1.86 bits per heavy atom. The lowest BCUT2D eigenvalue weighted by Crippen LogP contribution is -2.47. The second-order valence-electron chi connectivity index (χ2n) is 6.57. The molecule has 0 heterocycles. The monoisotopic (exact) mass is 319 g/mol. The second kappa shape index (κ2) is 8.51. The molecule has 0 aromatic carbocycles. The van der Waals surface area contributed by atoms with Gasteiger partial charge in [0.05, 0.1) is 5.41 Å². The molecule has 124 valence electrons. The fourth-order valence-corrected chi connectivity index (χ4v) is 2.52. The number of carboxylic acids is 1. The molecule has 0 aliphatic heterocycles. The summed E-state index contributed by atoms with van der Waals surface area (Å²) >= 11 is 1.69. The lowest BCUT2D eigenvalue weighted by Gasteiger charge is -2.34. The molecule has 0 aromatic rings. The Hall–Kier alpha value is -0.910. The Morgan fingerprint density at radius 3 is 2.24 bits per heavy atom. The third-order valence-corrected chi connectivity index (χ3v) is 4.15. The van der Waals surface area contributed by atoms with E-state index in [-0.39, 0.29) is 12.5 Å². The third kappa shape index (κ3) is 7.07. The number of carbonyl (C=O) groups is 2. The smallest absolute Gasteiger partial charge is 0.407 e. The summed E-state index contributed by atoms with van der Waals surface area (Å²) < 4.78 is 5.17. The maximum absolute atomic E-state index is 11.8. The Bertz CT molecular complexity index is 352. The van der Waals surface area contributed by atoms with Crippen molar-refractivity contribution in [2.45, 2.75) is 53.1 Å². The summed E-state index contributed by atoms with van der Waals surface area (Å²) in [5.41, 5.74) is -1.54. The second-order valence-corrected chi connectivity index (χ2v) is 7.55. The predicted octanol–water partition coefficient (Wildman–Crippen LogP) is 3.38. The van der Waals surface area contributed by atoms with Gasteiger partial charge < -0.3 is 15.2 Å².